The number of aromatic nitrogens is 1. The smallest absolute Gasteiger partial charge is 0.337 e. The maximum atomic E-state index is 10.5. The average Bonchev–Trinajstić information content (AvgIpc) is 2.25. The Hall–Kier alpha value is -2.24. The number of nitro groups is 1. The molecule has 1 aromatic heterocycles. The SMILES string of the molecule is O=C(O)c1ccc(CC/C=C/[N+](=O)[O-])nc1. The Morgan fingerprint density at radius 2 is 2.31 bits per heavy atom. The van der Waals surface area contributed by atoms with Crippen LogP contribution in [0.15, 0.2) is 30.6 Å². The molecule has 0 amide bonds. The van der Waals surface area contributed by atoms with Gasteiger partial charge in [0, 0.05) is 11.9 Å². The summed E-state index contributed by atoms with van der Waals surface area (Å²) >= 11 is 0. The molecule has 0 atom stereocenters. The summed E-state index contributed by atoms with van der Waals surface area (Å²) in [6, 6.07) is 3.06. The molecule has 0 fully saturated rings. The van der Waals surface area contributed by atoms with Crippen LogP contribution in [0.4, 0.5) is 0 Å². The Morgan fingerprint density at radius 1 is 1.56 bits per heavy atom. The van der Waals surface area contributed by atoms with E-state index in [1.54, 1.807) is 6.07 Å². The van der Waals surface area contributed by atoms with Crippen LogP contribution in [0, 0.1) is 10.1 Å². The molecule has 6 heteroatoms. The van der Waals surface area contributed by atoms with Crippen molar-refractivity contribution in [1.29, 1.82) is 0 Å². The number of hydrogen-bond donors (Lipinski definition) is 1. The number of carbonyl (C=O) groups is 1. The minimum Gasteiger partial charge on any atom is -0.478 e. The fraction of sp³-hybridized carbons (Fsp3) is 0.200. The number of carboxylic acid groups (broad SMARTS) is 1. The summed E-state index contributed by atoms with van der Waals surface area (Å²) in [7, 11) is 0. The first-order valence-electron chi connectivity index (χ1n) is 4.58. The molecule has 0 spiro atoms. The summed E-state index contributed by atoms with van der Waals surface area (Å²) in [4.78, 5) is 23.9. The topological polar surface area (TPSA) is 93.3 Å². The van der Waals surface area contributed by atoms with Gasteiger partial charge in [0.2, 0.25) is 6.20 Å². The average molecular weight is 222 g/mol. The van der Waals surface area contributed by atoms with E-state index >= 15 is 0 Å². The van der Waals surface area contributed by atoms with Crippen molar-refractivity contribution in [2.75, 3.05) is 0 Å². The van der Waals surface area contributed by atoms with Gasteiger partial charge in [0.05, 0.1) is 10.5 Å². The van der Waals surface area contributed by atoms with E-state index in [0.29, 0.717) is 18.5 Å². The van der Waals surface area contributed by atoms with Gasteiger partial charge in [-0.25, -0.2) is 4.79 Å². The van der Waals surface area contributed by atoms with Crippen LogP contribution in [-0.2, 0) is 6.42 Å². The van der Waals surface area contributed by atoms with Crippen LogP contribution in [0.5, 0.6) is 0 Å². The zero-order valence-electron chi connectivity index (χ0n) is 8.37. The highest BCUT2D eigenvalue weighted by molar-refractivity contribution is 5.87. The lowest BCUT2D eigenvalue weighted by atomic mass is 10.2. The van der Waals surface area contributed by atoms with E-state index in [4.69, 9.17) is 5.11 Å². The van der Waals surface area contributed by atoms with Gasteiger partial charge in [0.25, 0.3) is 0 Å². The van der Waals surface area contributed by atoms with E-state index in [0.717, 1.165) is 6.20 Å². The van der Waals surface area contributed by atoms with Crippen molar-refractivity contribution >= 4 is 5.97 Å². The highest BCUT2D eigenvalue weighted by atomic mass is 16.6. The van der Waals surface area contributed by atoms with Crippen LogP contribution < -0.4 is 0 Å². The van der Waals surface area contributed by atoms with Crippen molar-refractivity contribution in [2.24, 2.45) is 0 Å². The number of pyridine rings is 1. The molecule has 0 aliphatic rings. The molecule has 0 radical (unpaired) electrons. The van der Waals surface area contributed by atoms with E-state index in [1.807, 2.05) is 0 Å². The summed E-state index contributed by atoms with van der Waals surface area (Å²) in [6.07, 6.45) is 4.64. The van der Waals surface area contributed by atoms with Gasteiger partial charge in [-0.15, -0.1) is 0 Å². The van der Waals surface area contributed by atoms with Crippen molar-refractivity contribution in [1.82, 2.24) is 4.98 Å². The third-order valence-corrected chi connectivity index (χ3v) is 1.87. The van der Waals surface area contributed by atoms with Crippen LogP contribution in [0.1, 0.15) is 22.5 Å². The number of nitrogens with zero attached hydrogens (tertiary/aromatic N) is 2. The molecule has 0 saturated heterocycles. The zero-order chi connectivity index (χ0) is 12.0. The third-order valence-electron chi connectivity index (χ3n) is 1.87. The Morgan fingerprint density at radius 3 is 2.81 bits per heavy atom. The number of rotatable bonds is 5. The fourth-order valence-corrected chi connectivity index (χ4v) is 1.09. The van der Waals surface area contributed by atoms with Crippen LogP contribution in [0.2, 0.25) is 0 Å². The molecule has 0 aliphatic heterocycles. The molecular formula is C10H10N2O4. The molecular weight excluding hydrogens is 212 g/mol. The van der Waals surface area contributed by atoms with Crippen molar-refractivity contribution in [3.05, 3.63) is 52.0 Å². The first kappa shape index (κ1) is 11.8. The second-order valence-electron chi connectivity index (χ2n) is 3.05. The molecule has 1 heterocycles. The Balaban J connectivity index is 2.49. The molecule has 0 aliphatic carbocycles. The molecule has 0 bridgehead atoms. The van der Waals surface area contributed by atoms with E-state index < -0.39 is 10.9 Å². The summed E-state index contributed by atoms with van der Waals surface area (Å²) < 4.78 is 0. The summed E-state index contributed by atoms with van der Waals surface area (Å²) in [5.41, 5.74) is 0.836. The molecule has 1 N–H and O–H groups in total. The normalized spacial score (nSPS) is 10.5. The number of aromatic carboxylic acids is 1. The number of allylic oxidation sites excluding steroid dienone is 1. The van der Waals surface area contributed by atoms with Crippen molar-refractivity contribution in [3.8, 4) is 0 Å². The monoisotopic (exact) mass is 222 g/mol. The molecule has 0 aromatic carbocycles. The Bertz CT molecular complexity index is 411. The van der Waals surface area contributed by atoms with Crippen LogP contribution in [0.3, 0.4) is 0 Å². The second-order valence-corrected chi connectivity index (χ2v) is 3.05. The van der Waals surface area contributed by atoms with Gasteiger partial charge >= 0.3 is 5.97 Å². The summed E-state index contributed by atoms with van der Waals surface area (Å²) in [6.45, 7) is 0. The zero-order valence-corrected chi connectivity index (χ0v) is 8.37. The molecule has 1 aromatic rings. The fourth-order valence-electron chi connectivity index (χ4n) is 1.09. The van der Waals surface area contributed by atoms with E-state index in [9.17, 15) is 14.9 Å². The van der Waals surface area contributed by atoms with Crippen LogP contribution >= 0.6 is 0 Å². The Kier molecular flexibility index (Phi) is 4.14. The largest absolute Gasteiger partial charge is 0.478 e. The van der Waals surface area contributed by atoms with E-state index in [2.05, 4.69) is 4.98 Å². The predicted molar refractivity (Wildman–Crippen MR) is 55.7 cm³/mol. The number of hydrogen-bond acceptors (Lipinski definition) is 4. The molecule has 0 unspecified atom stereocenters. The molecule has 16 heavy (non-hydrogen) atoms. The minimum atomic E-state index is -1.02. The number of aryl methyl sites for hydroxylation is 1. The lowest BCUT2D eigenvalue weighted by molar-refractivity contribution is -0.402. The molecule has 0 saturated carbocycles. The lowest BCUT2D eigenvalue weighted by Gasteiger charge is -1.97. The number of carboxylic acids is 1. The minimum absolute atomic E-state index is 0.129. The van der Waals surface area contributed by atoms with Gasteiger partial charge in [0.15, 0.2) is 0 Å². The highest BCUT2D eigenvalue weighted by Gasteiger charge is 2.02. The van der Waals surface area contributed by atoms with Gasteiger partial charge in [-0.2, -0.15) is 0 Å². The summed E-state index contributed by atoms with van der Waals surface area (Å²) in [5.74, 6) is -1.02. The van der Waals surface area contributed by atoms with Crippen molar-refractivity contribution < 1.29 is 14.8 Å². The maximum absolute atomic E-state index is 10.5. The first-order valence-corrected chi connectivity index (χ1v) is 4.58. The molecule has 1 rings (SSSR count). The van der Waals surface area contributed by atoms with Gasteiger partial charge < -0.3 is 5.11 Å². The lowest BCUT2D eigenvalue weighted by Crippen LogP contribution is -1.98. The molecule has 84 valence electrons. The van der Waals surface area contributed by atoms with Crippen molar-refractivity contribution in [2.45, 2.75) is 12.8 Å². The van der Waals surface area contributed by atoms with Crippen LogP contribution in [0.25, 0.3) is 0 Å². The van der Waals surface area contributed by atoms with Gasteiger partial charge in [-0.1, -0.05) is 0 Å². The summed E-state index contributed by atoms with van der Waals surface area (Å²) in [5, 5.41) is 18.6. The highest BCUT2D eigenvalue weighted by Crippen LogP contribution is 2.03. The van der Waals surface area contributed by atoms with Gasteiger partial charge in [-0.05, 0) is 31.1 Å². The second kappa shape index (κ2) is 5.59. The predicted octanol–water partition coefficient (Wildman–Crippen LogP) is 1.50. The Labute approximate surface area is 91.4 Å². The van der Waals surface area contributed by atoms with E-state index in [1.165, 1.54) is 18.3 Å². The van der Waals surface area contributed by atoms with Gasteiger partial charge in [0.1, 0.15) is 0 Å². The standard InChI is InChI=1S/C10H10N2O4/c13-10(14)8-4-5-9(11-7-8)3-1-2-6-12(15)16/h2,4-7H,1,3H2,(H,13,14)/b6-2+. The third kappa shape index (κ3) is 3.87. The molecule has 6 nitrogen and oxygen atoms in total. The van der Waals surface area contributed by atoms with Crippen LogP contribution in [-0.4, -0.2) is 21.0 Å². The van der Waals surface area contributed by atoms with Gasteiger partial charge in [-0.3, -0.25) is 15.1 Å². The first-order chi connectivity index (χ1) is 7.59. The van der Waals surface area contributed by atoms with E-state index in [-0.39, 0.29) is 5.56 Å². The van der Waals surface area contributed by atoms with Crippen molar-refractivity contribution in [3.63, 3.8) is 0 Å². The quantitative estimate of drug-likeness (QED) is 0.601. The maximum Gasteiger partial charge on any atom is 0.337 e.